The zero-order valence-electron chi connectivity index (χ0n) is 7.22. The van der Waals surface area contributed by atoms with Crippen LogP contribution < -0.4 is 5.73 Å². The van der Waals surface area contributed by atoms with Gasteiger partial charge in [0.2, 0.25) is 6.39 Å². The predicted octanol–water partition coefficient (Wildman–Crippen LogP) is 1.77. The second-order valence-corrected chi connectivity index (χ2v) is 3.26. The number of hydrogen-bond acceptors (Lipinski definition) is 4. The first-order valence-corrected chi connectivity index (χ1v) is 4.42. The van der Waals surface area contributed by atoms with Crippen LogP contribution in [0.5, 0.6) is 0 Å². The lowest BCUT2D eigenvalue weighted by molar-refractivity contribution is 0.407. The highest BCUT2D eigenvalue weighted by molar-refractivity contribution is 6.30. The van der Waals surface area contributed by atoms with Crippen LogP contribution in [0.15, 0.2) is 35.2 Å². The van der Waals surface area contributed by atoms with Gasteiger partial charge in [-0.1, -0.05) is 28.9 Å². The molecule has 0 radical (unpaired) electrons. The topological polar surface area (TPSA) is 64.9 Å². The van der Waals surface area contributed by atoms with Crippen LogP contribution >= 0.6 is 11.6 Å². The molecule has 1 unspecified atom stereocenters. The lowest BCUT2D eigenvalue weighted by Gasteiger charge is -2.06. The van der Waals surface area contributed by atoms with Gasteiger partial charge in [-0.2, -0.15) is 4.98 Å². The second-order valence-electron chi connectivity index (χ2n) is 2.82. The Morgan fingerprint density at radius 2 is 2.00 bits per heavy atom. The van der Waals surface area contributed by atoms with Crippen LogP contribution in [0.4, 0.5) is 0 Å². The lowest BCUT2D eigenvalue weighted by Crippen LogP contribution is -2.13. The number of nitrogens with zero attached hydrogens (tertiary/aromatic N) is 2. The van der Waals surface area contributed by atoms with Gasteiger partial charge in [0.15, 0.2) is 5.82 Å². The summed E-state index contributed by atoms with van der Waals surface area (Å²) in [6, 6.07) is 6.85. The number of halogens is 1. The minimum Gasteiger partial charge on any atom is -0.343 e. The molecule has 0 aliphatic rings. The molecule has 0 amide bonds. The molecule has 1 atom stereocenters. The first-order chi connectivity index (χ1) is 6.77. The van der Waals surface area contributed by atoms with Crippen LogP contribution in [0.25, 0.3) is 0 Å². The highest BCUT2D eigenvalue weighted by atomic mass is 35.5. The van der Waals surface area contributed by atoms with Crippen LogP contribution in [-0.4, -0.2) is 10.1 Å². The van der Waals surface area contributed by atoms with Gasteiger partial charge in [0.25, 0.3) is 0 Å². The maximum Gasteiger partial charge on any atom is 0.213 e. The van der Waals surface area contributed by atoms with E-state index in [4.69, 9.17) is 17.3 Å². The first-order valence-electron chi connectivity index (χ1n) is 4.04. The maximum absolute atomic E-state index is 5.88. The van der Waals surface area contributed by atoms with Crippen molar-refractivity contribution in [3.8, 4) is 0 Å². The molecule has 0 aliphatic heterocycles. The number of nitrogens with two attached hydrogens (primary N) is 1. The molecule has 1 aromatic heterocycles. The van der Waals surface area contributed by atoms with Crippen molar-refractivity contribution in [2.24, 2.45) is 5.73 Å². The van der Waals surface area contributed by atoms with Crippen LogP contribution in [0.1, 0.15) is 17.4 Å². The number of aromatic nitrogens is 2. The number of benzene rings is 1. The summed E-state index contributed by atoms with van der Waals surface area (Å²) in [6.45, 7) is 0. The lowest BCUT2D eigenvalue weighted by atomic mass is 10.1. The van der Waals surface area contributed by atoms with Gasteiger partial charge in [0.1, 0.15) is 0 Å². The van der Waals surface area contributed by atoms with Gasteiger partial charge in [0, 0.05) is 5.02 Å². The highest BCUT2D eigenvalue weighted by Gasteiger charge is 2.12. The van der Waals surface area contributed by atoms with E-state index in [2.05, 4.69) is 14.7 Å². The summed E-state index contributed by atoms with van der Waals surface area (Å²) in [6.07, 6.45) is 1.26. The van der Waals surface area contributed by atoms with Crippen molar-refractivity contribution in [3.63, 3.8) is 0 Å². The SMILES string of the molecule is NC(c1ccc(Cl)cc1)c1ncon1. The molecule has 0 aliphatic carbocycles. The molecular formula is C9H8ClN3O. The van der Waals surface area contributed by atoms with E-state index in [1.165, 1.54) is 6.39 Å². The highest BCUT2D eigenvalue weighted by Crippen LogP contribution is 2.18. The average molecular weight is 210 g/mol. The third-order valence-electron chi connectivity index (χ3n) is 1.89. The fourth-order valence-corrected chi connectivity index (χ4v) is 1.26. The standard InChI is InChI=1S/C9H8ClN3O/c10-7-3-1-6(2-4-7)8(11)9-12-5-14-13-9/h1-5,8H,11H2. The van der Waals surface area contributed by atoms with Crippen molar-refractivity contribution in [2.75, 3.05) is 0 Å². The van der Waals surface area contributed by atoms with Gasteiger partial charge < -0.3 is 10.3 Å². The molecule has 72 valence electrons. The Bertz CT molecular complexity index is 399. The molecular weight excluding hydrogens is 202 g/mol. The molecule has 2 N–H and O–H groups in total. The van der Waals surface area contributed by atoms with Crippen molar-refractivity contribution in [1.82, 2.24) is 10.1 Å². The third-order valence-corrected chi connectivity index (χ3v) is 2.14. The van der Waals surface area contributed by atoms with Gasteiger partial charge in [-0.05, 0) is 17.7 Å². The Morgan fingerprint density at radius 1 is 1.29 bits per heavy atom. The monoisotopic (exact) mass is 209 g/mol. The molecule has 2 aromatic rings. The Balaban J connectivity index is 2.28. The average Bonchev–Trinajstić information content (AvgIpc) is 2.71. The molecule has 4 nitrogen and oxygen atoms in total. The molecule has 0 fully saturated rings. The second kappa shape index (κ2) is 3.77. The fraction of sp³-hybridized carbons (Fsp3) is 0.111. The van der Waals surface area contributed by atoms with E-state index in [-0.39, 0.29) is 6.04 Å². The zero-order chi connectivity index (χ0) is 9.97. The largest absolute Gasteiger partial charge is 0.343 e. The molecule has 1 heterocycles. The normalized spacial score (nSPS) is 12.7. The number of rotatable bonds is 2. The smallest absolute Gasteiger partial charge is 0.213 e. The predicted molar refractivity (Wildman–Crippen MR) is 51.8 cm³/mol. The van der Waals surface area contributed by atoms with Crippen LogP contribution in [-0.2, 0) is 0 Å². The van der Waals surface area contributed by atoms with E-state index in [0.29, 0.717) is 10.8 Å². The third kappa shape index (κ3) is 1.76. The van der Waals surface area contributed by atoms with E-state index in [1.807, 2.05) is 12.1 Å². The summed E-state index contributed by atoms with van der Waals surface area (Å²) in [7, 11) is 0. The van der Waals surface area contributed by atoms with Crippen molar-refractivity contribution in [3.05, 3.63) is 47.1 Å². The van der Waals surface area contributed by atoms with Crippen LogP contribution in [0.2, 0.25) is 5.02 Å². The van der Waals surface area contributed by atoms with Crippen LogP contribution in [0.3, 0.4) is 0 Å². The molecule has 1 aromatic carbocycles. The van der Waals surface area contributed by atoms with E-state index in [9.17, 15) is 0 Å². The quantitative estimate of drug-likeness (QED) is 0.819. The van der Waals surface area contributed by atoms with Gasteiger partial charge in [-0.25, -0.2) is 0 Å². The summed E-state index contributed by atoms with van der Waals surface area (Å²) in [5.74, 6) is 0.465. The fourth-order valence-electron chi connectivity index (χ4n) is 1.13. The summed E-state index contributed by atoms with van der Waals surface area (Å²) >= 11 is 5.75. The molecule has 0 saturated carbocycles. The van der Waals surface area contributed by atoms with Gasteiger partial charge in [0.05, 0.1) is 6.04 Å². The molecule has 0 bridgehead atoms. The van der Waals surface area contributed by atoms with Crippen molar-refractivity contribution in [1.29, 1.82) is 0 Å². The van der Waals surface area contributed by atoms with E-state index in [0.717, 1.165) is 5.56 Å². The molecule has 0 spiro atoms. The molecule has 14 heavy (non-hydrogen) atoms. The summed E-state index contributed by atoms with van der Waals surface area (Å²) in [4.78, 5) is 3.88. The van der Waals surface area contributed by atoms with Gasteiger partial charge in [-0.15, -0.1) is 0 Å². The zero-order valence-corrected chi connectivity index (χ0v) is 7.98. The molecule has 2 rings (SSSR count). The number of hydrogen-bond donors (Lipinski definition) is 1. The molecule has 5 heteroatoms. The summed E-state index contributed by atoms with van der Waals surface area (Å²) in [5.41, 5.74) is 6.78. The van der Waals surface area contributed by atoms with Crippen molar-refractivity contribution >= 4 is 11.6 Å². The molecule has 0 saturated heterocycles. The van der Waals surface area contributed by atoms with Crippen molar-refractivity contribution in [2.45, 2.75) is 6.04 Å². The Morgan fingerprint density at radius 3 is 2.57 bits per heavy atom. The van der Waals surface area contributed by atoms with Gasteiger partial charge >= 0.3 is 0 Å². The Hall–Kier alpha value is -1.39. The van der Waals surface area contributed by atoms with E-state index >= 15 is 0 Å². The first kappa shape index (κ1) is 9.18. The van der Waals surface area contributed by atoms with E-state index < -0.39 is 0 Å². The Labute approximate surface area is 85.7 Å². The Kier molecular flexibility index (Phi) is 2.47. The minimum absolute atomic E-state index is 0.369. The van der Waals surface area contributed by atoms with E-state index in [1.54, 1.807) is 12.1 Å². The van der Waals surface area contributed by atoms with Crippen LogP contribution in [0, 0.1) is 0 Å². The maximum atomic E-state index is 5.88. The van der Waals surface area contributed by atoms with Crippen molar-refractivity contribution < 1.29 is 4.52 Å². The minimum atomic E-state index is -0.369. The summed E-state index contributed by atoms with van der Waals surface area (Å²) in [5, 5.41) is 4.35. The van der Waals surface area contributed by atoms with Gasteiger partial charge in [-0.3, -0.25) is 0 Å². The summed E-state index contributed by atoms with van der Waals surface area (Å²) < 4.78 is 4.61.